The summed E-state index contributed by atoms with van der Waals surface area (Å²) in [7, 11) is -0.803. The van der Waals surface area contributed by atoms with Gasteiger partial charge in [-0.1, -0.05) is 13.8 Å². The molecule has 1 atom stereocenters. The van der Waals surface area contributed by atoms with Crippen LogP contribution in [0, 0.1) is 5.92 Å². The maximum Gasteiger partial charge on any atom is 0.514 e. The van der Waals surface area contributed by atoms with Crippen LogP contribution in [-0.4, -0.2) is 35.5 Å². The van der Waals surface area contributed by atoms with E-state index < -0.39 is 30.3 Å². The van der Waals surface area contributed by atoms with E-state index in [0.717, 1.165) is 6.42 Å². The summed E-state index contributed by atoms with van der Waals surface area (Å²) in [5.74, 6) is 0.410. The van der Waals surface area contributed by atoms with Gasteiger partial charge >= 0.3 is 7.12 Å². The predicted molar refractivity (Wildman–Crippen MR) is 102 cm³/mol. The minimum atomic E-state index is -2.71. The first-order valence-corrected chi connectivity index (χ1v) is 9.29. The van der Waals surface area contributed by atoms with Crippen molar-refractivity contribution in [3.63, 3.8) is 0 Å². The second-order valence-corrected chi connectivity index (χ2v) is 9.08. The SMILES string of the molecule is CC(C)C[C@](C)(N)COc1cnc(B2OC(C)(C)C(C)(C)O2)cc1C(F)F. The Morgan fingerprint density at radius 3 is 2.26 bits per heavy atom. The lowest BCUT2D eigenvalue weighted by Gasteiger charge is -2.32. The number of aromatic nitrogens is 1. The van der Waals surface area contributed by atoms with E-state index in [0.29, 0.717) is 11.5 Å². The first-order valence-electron chi connectivity index (χ1n) is 9.29. The molecule has 1 aliphatic heterocycles. The molecule has 8 heteroatoms. The predicted octanol–water partition coefficient (Wildman–Crippen LogP) is 3.46. The van der Waals surface area contributed by atoms with Crippen molar-refractivity contribution in [2.45, 2.75) is 78.1 Å². The molecule has 0 amide bonds. The number of rotatable bonds is 7. The zero-order valence-corrected chi connectivity index (χ0v) is 17.3. The highest BCUT2D eigenvalue weighted by atomic mass is 19.3. The van der Waals surface area contributed by atoms with Crippen molar-refractivity contribution in [2.75, 3.05) is 6.61 Å². The molecule has 2 rings (SSSR count). The molecule has 27 heavy (non-hydrogen) atoms. The number of pyridine rings is 1. The van der Waals surface area contributed by atoms with Crippen molar-refractivity contribution in [2.24, 2.45) is 11.7 Å². The van der Waals surface area contributed by atoms with Crippen molar-refractivity contribution < 1.29 is 22.8 Å². The zero-order valence-electron chi connectivity index (χ0n) is 17.3. The normalized spacial score (nSPS) is 21.0. The van der Waals surface area contributed by atoms with E-state index >= 15 is 0 Å². The van der Waals surface area contributed by atoms with E-state index in [4.69, 9.17) is 19.8 Å². The van der Waals surface area contributed by atoms with Gasteiger partial charge in [0.15, 0.2) is 0 Å². The summed E-state index contributed by atoms with van der Waals surface area (Å²) in [4.78, 5) is 4.25. The number of nitrogens with zero attached hydrogens (tertiary/aromatic N) is 1. The number of nitrogens with two attached hydrogens (primary N) is 1. The summed E-state index contributed by atoms with van der Waals surface area (Å²) in [5.41, 5.74) is 4.51. The third-order valence-corrected chi connectivity index (χ3v) is 5.08. The zero-order chi connectivity index (χ0) is 20.6. The minimum absolute atomic E-state index is 0.0331. The molecule has 0 spiro atoms. The van der Waals surface area contributed by atoms with Crippen LogP contribution in [0.15, 0.2) is 12.3 Å². The molecule has 0 aromatic carbocycles. The van der Waals surface area contributed by atoms with Gasteiger partial charge in [0.05, 0.1) is 28.6 Å². The fourth-order valence-corrected chi connectivity index (χ4v) is 3.09. The Kier molecular flexibility index (Phi) is 6.24. The van der Waals surface area contributed by atoms with Crippen molar-refractivity contribution in [1.29, 1.82) is 0 Å². The minimum Gasteiger partial charge on any atom is -0.490 e. The van der Waals surface area contributed by atoms with Crippen LogP contribution in [0.1, 0.15) is 66.9 Å². The molecule has 1 aliphatic rings. The van der Waals surface area contributed by atoms with E-state index in [1.807, 2.05) is 34.6 Å². The van der Waals surface area contributed by atoms with Crippen molar-refractivity contribution >= 4 is 12.7 Å². The molecule has 2 N–H and O–H groups in total. The molecular formula is C19H31BF2N2O3. The molecule has 2 heterocycles. The van der Waals surface area contributed by atoms with Crippen LogP contribution in [0.2, 0.25) is 0 Å². The van der Waals surface area contributed by atoms with E-state index in [1.54, 1.807) is 0 Å². The standard InChI is InChI=1S/C19H31BF2N2O3/c1-12(2)9-19(7,23)11-25-14-10-24-15(8-13(14)16(21)22)20-26-17(3,4)18(5,6)27-20/h8,10,12,16H,9,11,23H2,1-7H3/t19-/m0/s1. The average molecular weight is 384 g/mol. The summed E-state index contributed by atoms with van der Waals surface area (Å²) in [6.45, 7) is 13.7. The summed E-state index contributed by atoms with van der Waals surface area (Å²) < 4.78 is 44.6. The summed E-state index contributed by atoms with van der Waals surface area (Å²) in [5, 5.41) is 0. The van der Waals surface area contributed by atoms with E-state index in [1.165, 1.54) is 12.3 Å². The van der Waals surface area contributed by atoms with Crippen molar-refractivity contribution in [3.8, 4) is 5.75 Å². The number of alkyl halides is 2. The van der Waals surface area contributed by atoms with Crippen LogP contribution in [-0.2, 0) is 9.31 Å². The van der Waals surface area contributed by atoms with Gasteiger partial charge in [-0.15, -0.1) is 0 Å². The van der Waals surface area contributed by atoms with Crippen LogP contribution in [0.3, 0.4) is 0 Å². The van der Waals surface area contributed by atoms with Crippen molar-refractivity contribution in [1.82, 2.24) is 4.98 Å². The topological polar surface area (TPSA) is 66.6 Å². The van der Waals surface area contributed by atoms with Gasteiger partial charge < -0.3 is 19.8 Å². The first kappa shape index (κ1) is 22.0. The van der Waals surface area contributed by atoms with Crippen LogP contribution < -0.4 is 16.1 Å². The Labute approximate surface area is 161 Å². The van der Waals surface area contributed by atoms with Crippen LogP contribution in [0.25, 0.3) is 0 Å². The highest BCUT2D eigenvalue weighted by molar-refractivity contribution is 6.61. The molecule has 1 saturated heterocycles. The number of hydrogen-bond acceptors (Lipinski definition) is 5. The van der Waals surface area contributed by atoms with Gasteiger partial charge in [0.1, 0.15) is 12.4 Å². The molecule has 0 bridgehead atoms. The monoisotopic (exact) mass is 384 g/mol. The lowest BCUT2D eigenvalue weighted by molar-refractivity contribution is 0.00578. The third-order valence-electron chi connectivity index (χ3n) is 5.08. The molecule has 0 saturated carbocycles. The molecule has 1 aromatic rings. The fraction of sp³-hybridized carbons (Fsp3) is 0.737. The fourth-order valence-electron chi connectivity index (χ4n) is 3.09. The summed E-state index contributed by atoms with van der Waals surface area (Å²) >= 11 is 0. The number of ether oxygens (including phenoxy) is 1. The molecular weight excluding hydrogens is 353 g/mol. The van der Waals surface area contributed by atoms with E-state index in [9.17, 15) is 8.78 Å². The highest BCUT2D eigenvalue weighted by Crippen LogP contribution is 2.37. The molecule has 0 radical (unpaired) electrons. The van der Waals surface area contributed by atoms with E-state index in [-0.39, 0.29) is 17.9 Å². The smallest absolute Gasteiger partial charge is 0.490 e. The lowest BCUT2D eigenvalue weighted by Crippen LogP contribution is -2.43. The maximum atomic E-state index is 13.6. The van der Waals surface area contributed by atoms with Gasteiger partial charge in [-0.3, -0.25) is 4.98 Å². The van der Waals surface area contributed by atoms with Crippen LogP contribution in [0.5, 0.6) is 5.75 Å². The van der Waals surface area contributed by atoms with Gasteiger partial charge in [-0.2, -0.15) is 0 Å². The highest BCUT2D eigenvalue weighted by Gasteiger charge is 2.52. The van der Waals surface area contributed by atoms with Gasteiger partial charge in [-0.25, -0.2) is 8.78 Å². The Morgan fingerprint density at radius 1 is 1.22 bits per heavy atom. The quantitative estimate of drug-likeness (QED) is 0.730. The third kappa shape index (κ3) is 5.18. The summed E-state index contributed by atoms with van der Waals surface area (Å²) in [6, 6.07) is 1.29. The molecule has 0 unspecified atom stereocenters. The Bertz CT molecular complexity index is 650. The van der Waals surface area contributed by atoms with Gasteiger partial charge in [0.2, 0.25) is 0 Å². The van der Waals surface area contributed by atoms with Crippen LogP contribution >= 0.6 is 0 Å². The Balaban J connectivity index is 2.20. The van der Waals surface area contributed by atoms with Crippen molar-refractivity contribution in [3.05, 3.63) is 17.8 Å². The lowest BCUT2D eigenvalue weighted by atomic mass is 9.83. The van der Waals surface area contributed by atoms with Crippen LogP contribution in [0.4, 0.5) is 8.78 Å². The molecule has 0 aliphatic carbocycles. The Morgan fingerprint density at radius 2 is 1.78 bits per heavy atom. The second kappa shape index (κ2) is 7.64. The Hall–Kier alpha value is -1.25. The molecule has 5 nitrogen and oxygen atoms in total. The van der Waals surface area contributed by atoms with E-state index in [2.05, 4.69) is 18.8 Å². The molecule has 152 valence electrons. The second-order valence-electron chi connectivity index (χ2n) is 9.08. The molecule has 1 aromatic heterocycles. The average Bonchev–Trinajstić information content (AvgIpc) is 2.72. The van der Waals surface area contributed by atoms with Gasteiger partial charge in [-0.05, 0) is 53.0 Å². The summed E-state index contributed by atoms with van der Waals surface area (Å²) in [6.07, 6.45) is -0.692. The maximum absolute atomic E-state index is 13.6. The first-order chi connectivity index (χ1) is 12.2. The van der Waals surface area contributed by atoms with Gasteiger partial charge in [0, 0.05) is 5.54 Å². The van der Waals surface area contributed by atoms with Gasteiger partial charge in [0.25, 0.3) is 6.43 Å². The molecule has 1 fully saturated rings. The number of halogens is 2. The largest absolute Gasteiger partial charge is 0.514 e. The number of hydrogen-bond donors (Lipinski definition) is 1.